The number of alkyl carbamates (subject to hydrolysis) is 1. The van der Waals surface area contributed by atoms with E-state index in [2.05, 4.69) is 10.6 Å². The number of nitrogens with one attached hydrogen (secondary N) is 2. The Kier molecular flexibility index (Phi) is 7.65. The van der Waals surface area contributed by atoms with E-state index in [1.54, 1.807) is 0 Å². The van der Waals surface area contributed by atoms with E-state index in [0.29, 0.717) is 19.4 Å². The summed E-state index contributed by atoms with van der Waals surface area (Å²) in [6.45, 7) is 5.91. The molecular weight excluding hydrogens is 282 g/mol. The first-order valence-corrected chi connectivity index (χ1v) is 8.31. The maximum Gasteiger partial charge on any atom is 0.407 e. The maximum absolute atomic E-state index is 12.0. The van der Waals surface area contributed by atoms with Gasteiger partial charge >= 0.3 is 6.09 Å². The number of carbonyl (C=O) groups excluding carboxylic acids is 2. The molecular formula is C16H31N3O3. The van der Waals surface area contributed by atoms with Gasteiger partial charge in [-0.15, -0.1) is 0 Å². The normalized spacial score (nSPS) is 17.6. The maximum atomic E-state index is 12.0. The number of ether oxygens (including phenoxy) is 1. The number of rotatable bonds is 6. The molecule has 1 aliphatic rings. The molecule has 0 aliphatic heterocycles. The van der Waals surface area contributed by atoms with E-state index < -0.39 is 17.7 Å². The Balaban J connectivity index is 2.13. The summed E-state index contributed by atoms with van der Waals surface area (Å²) in [5, 5.41) is 5.69. The van der Waals surface area contributed by atoms with Gasteiger partial charge in [0.2, 0.25) is 5.91 Å². The van der Waals surface area contributed by atoms with Gasteiger partial charge in [0.25, 0.3) is 0 Å². The van der Waals surface area contributed by atoms with Gasteiger partial charge in [-0.3, -0.25) is 4.79 Å². The molecule has 0 spiro atoms. The molecule has 1 fully saturated rings. The van der Waals surface area contributed by atoms with Gasteiger partial charge in [0.15, 0.2) is 0 Å². The molecule has 1 rings (SSSR count). The van der Waals surface area contributed by atoms with Crippen molar-refractivity contribution in [3.05, 3.63) is 0 Å². The molecule has 2 amide bonds. The van der Waals surface area contributed by atoms with Crippen LogP contribution < -0.4 is 16.4 Å². The molecule has 6 nitrogen and oxygen atoms in total. The molecule has 0 saturated heterocycles. The van der Waals surface area contributed by atoms with Crippen molar-refractivity contribution in [1.29, 1.82) is 0 Å². The fourth-order valence-electron chi connectivity index (χ4n) is 2.51. The summed E-state index contributed by atoms with van der Waals surface area (Å²) in [5.74, 6) is -0.0795. The van der Waals surface area contributed by atoms with Crippen LogP contribution in [0.1, 0.15) is 65.7 Å². The predicted octanol–water partition coefficient (Wildman–Crippen LogP) is 2.07. The van der Waals surface area contributed by atoms with E-state index in [-0.39, 0.29) is 11.9 Å². The fraction of sp³-hybridized carbons (Fsp3) is 0.875. The lowest BCUT2D eigenvalue weighted by atomic mass is 9.95. The molecule has 22 heavy (non-hydrogen) atoms. The molecule has 0 aromatic rings. The van der Waals surface area contributed by atoms with Crippen molar-refractivity contribution in [2.75, 3.05) is 6.54 Å². The van der Waals surface area contributed by atoms with Crippen LogP contribution in [0.25, 0.3) is 0 Å². The second kappa shape index (κ2) is 8.98. The Hall–Kier alpha value is -1.30. The number of hydrogen-bond acceptors (Lipinski definition) is 4. The van der Waals surface area contributed by atoms with Crippen LogP contribution in [0.5, 0.6) is 0 Å². The second-order valence-electron chi connectivity index (χ2n) is 7.02. The zero-order valence-electron chi connectivity index (χ0n) is 14.1. The van der Waals surface area contributed by atoms with Gasteiger partial charge in [0.05, 0.1) is 6.04 Å². The molecule has 0 bridgehead atoms. The summed E-state index contributed by atoms with van der Waals surface area (Å²) < 4.78 is 5.13. The zero-order valence-corrected chi connectivity index (χ0v) is 14.1. The van der Waals surface area contributed by atoms with Crippen molar-refractivity contribution in [3.8, 4) is 0 Å². The molecule has 0 unspecified atom stereocenters. The van der Waals surface area contributed by atoms with E-state index in [0.717, 1.165) is 12.8 Å². The fourth-order valence-corrected chi connectivity index (χ4v) is 2.51. The Morgan fingerprint density at radius 2 is 1.86 bits per heavy atom. The molecule has 0 heterocycles. The average molecular weight is 313 g/mol. The first kappa shape index (κ1) is 18.7. The van der Waals surface area contributed by atoms with Crippen LogP contribution in [0.15, 0.2) is 0 Å². The van der Waals surface area contributed by atoms with E-state index >= 15 is 0 Å². The number of nitrogens with two attached hydrogens (primary N) is 1. The summed E-state index contributed by atoms with van der Waals surface area (Å²) in [5.41, 5.74) is 5.40. The molecule has 0 aromatic carbocycles. The summed E-state index contributed by atoms with van der Waals surface area (Å²) in [7, 11) is 0. The lowest BCUT2D eigenvalue weighted by molar-refractivity contribution is -0.123. The molecule has 1 atom stereocenters. The standard InChI is InChI=1S/C16H31N3O3/c1-16(2,3)22-15(21)18-11-7-10-13(17)14(20)19-12-8-5-4-6-9-12/h12-13H,4-11,17H2,1-3H3,(H,18,21)(H,19,20)/t13-/m0/s1. The molecule has 0 aromatic heterocycles. The van der Waals surface area contributed by atoms with Gasteiger partial charge in [-0.25, -0.2) is 4.79 Å². The third-order valence-corrected chi connectivity index (χ3v) is 3.65. The highest BCUT2D eigenvalue weighted by Gasteiger charge is 2.20. The van der Waals surface area contributed by atoms with Crippen LogP contribution in [0.2, 0.25) is 0 Å². The third-order valence-electron chi connectivity index (χ3n) is 3.65. The summed E-state index contributed by atoms with van der Waals surface area (Å²) in [4.78, 5) is 23.4. The minimum Gasteiger partial charge on any atom is -0.444 e. The van der Waals surface area contributed by atoms with E-state index in [1.165, 1.54) is 19.3 Å². The quantitative estimate of drug-likeness (QED) is 0.654. The third kappa shape index (κ3) is 8.22. The first-order chi connectivity index (χ1) is 10.3. The summed E-state index contributed by atoms with van der Waals surface area (Å²) in [6.07, 6.45) is 6.49. The number of carbonyl (C=O) groups is 2. The summed E-state index contributed by atoms with van der Waals surface area (Å²) >= 11 is 0. The minimum absolute atomic E-state index is 0.0795. The van der Waals surface area contributed by atoms with E-state index in [4.69, 9.17) is 10.5 Å². The molecule has 128 valence electrons. The molecule has 1 aliphatic carbocycles. The van der Waals surface area contributed by atoms with Gasteiger partial charge in [0, 0.05) is 12.6 Å². The topological polar surface area (TPSA) is 93.4 Å². The van der Waals surface area contributed by atoms with Crippen LogP contribution in [-0.2, 0) is 9.53 Å². The zero-order chi connectivity index (χ0) is 16.6. The molecule has 1 saturated carbocycles. The number of amides is 2. The van der Waals surface area contributed by atoms with E-state index in [9.17, 15) is 9.59 Å². The van der Waals surface area contributed by atoms with Crippen LogP contribution in [0, 0.1) is 0 Å². The minimum atomic E-state index is -0.512. The highest BCUT2D eigenvalue weighted by atomic mass is 16.6. The largest absolute Gasteiger partial charge is 0.444 e. The summed E-state index contributed by atoms with van der Waals surface area (Å²) in [6, 6.07) is -0.227. The highest BCUT2D eigenvalue weighted by molar-refractivity contribution is 5.81. The first-order valence-electron chi connectivity index (χ1n) is 8.31. The van der Waals surface area contributed by atoms with Crippen molar-refractivity contribution >= 4 is 12.0 Å². The van der Waals surface area contributed by atoms with Crippen LogP contribution in [0.4, 0.5) is 4.79 Å². The van der Waals surface area contributed by atoms with Crippen molar-refractivity contribution in [2.24, 2.45) is 5.73 Å². The molecule has 4 N–H and O–H groups in total. The van der Waals surface area contributed by atoms with Gasteiger partial charge in [-0.1, -0.05) is 19.3 Å². The lowest BCUT2D eigenvalue weighted by Crippen LogP contribution is -2.46. The molecule has 0 radical (unpaired) electrons. The average Bonchev–Trinajstić information content (AvgIpc) is 2.42. The van der Waals surface area contributed by atoms with Crippen LogP contribution in [-0.4, -0.2) is 36.2 Å². The Morgan fingerprint density at radius 1 is 1.23 bits per heavy atom. The SMILES string of the molecule is CC(C)(C)OC(=O)NCCC[C@H](N)C(=O)NC1CCCCC1. The van der Waals surface area contributed by atoms with Gasteiger partial charge in [0.1, 0.15) is 5.60 Å². The Morgan fingerprint density at radius 3 is 2.45 bits per heavy atom. The lowest BCUT2D eigenvalue weighted by Gasteiger charge is -2.24. The van der Waals surface area contributed by atoms with Crippen molar-refractivity contribution in [2.45, 2.75) is 83.4 Å². The van der Waals surface area contributed by atoms with Crippen molar-refractivity contribution in [3.63, 3.8) is 0 Å². The Bertz CT molecular complexity index is 360. The Labute approximate surface area is 133 Å². The van der Waals surface area contributed by atoms with E-state index in [1.807, 2.05) is 20.8 Å². The van der Waals surface area contributed by atoms with Gasteiger partial charge in [-0.2, -0.15) is 0 Å². The van der Waals surface area contributed by atoms with Crippen molar-refractivity contribution < 1.29 is 14.3 Å². The van der Waals surface area contributed by atoms with Gasteiger partial charge < -0.3 is 21.1 Å². The highest BCUT2D eigenvalue weighted by Crippen LogP contribution is 2.17. The van der Waals surface area contributed by atoms with Crippen LogP contribution in [0.3, 0.4) is 0 Å². The predicted molar refractivity (Wildman–Crippen MR) is 86.5 cm³/mol. The van der Waals surface area contributed by atoms with Crippen LogP contribution >= 0.6 is 0 Å². The van der Waals surface area contributed by atoms with Crippen molar-refractivity contribution in [1.82, 2.24) is 10.6 Å². The molecule has 6 heteroatoms. The number of hydrogen-bond donors (Lipinski definition) is 3. The monoisotopic (exact) mass is 313 g/mol. The second-order valence-corrected chi connectivity index (χ2v) is 7.02. The van der Waals surface area contributed by atoms with Gasteiger partial charge in [-0.05, 0) is 46.5 Å². The smallest absolute Gasteiger partial charge is 0.407 e.